The maximum atomic E-state index is 10.9. The minimum atomic E-state index is -0.517. The SMILES string of the molecule is O=[N+]([O-])c1ccc(NCC2CCCC2O)c2nonc12. The summed E-state index contributed by atoms with van der Waals surface area (Å²) in [6.07, 6.45) is 2.54. The first-order valence-electron chi connectivity index (χ1n) is 6.48. The van der Waals surface area contributed by atoms with E-state index < -0.39 is 4.92 Å². The van der Waals surface area contributed by atoms with Crippen LogP contribution in [0.25, 0.3) is 11.0 Å². The fourth-order valence-corrected chi connectivity index (χ4v) is 2.64. The molecule has 0 saturated heterocycles. The van der Waals surface area contributed by atoms with Crippen LogP contribution in [0, 0.1) is 16.0 Å². The Morgan fingerprint density at radius 3 is 2.90 bits per heavy atom. The van der Waals surface area contributed by atoms with Gasteiger partial charge in [0.2, 0.25) is 5.52 Å². The zero-order valence-electron chi connectivity index (χ0n) is 10.7. The van der Waals surface area contributed by atoms with Crippen molar-refractivity contribution in [2.75, 3.05) is 11.9 Å². The third kappa shape index (κ3) is 2.18. The molecule has 1 aliphatic rings. The van der Waals surface area contributed by atoms with Gasteiger partial charge in [-0.1, -0.05) is 6.42 Å². The van der Waals surface area contributed by atoms with Gasteiger partial charge in [0.15, 0.2) is 5.52 Å². The summed E-state index contributed by atoms with van der Waals surface area (Å²) >= 11 is 0. The van der Waals surface area contributed by atoms with Crippen LogP contribution in [-0.2, 0) is 0 Å². The van der Waals surface area contributed by atoms with E-state index in [0.717, 1.165) is 19.3 Å². The highest BCUT2D eigenvalue weighted by Crippen LogP contribution is 2.30. The van der Waals surface area contributed by atoms with Gasteiger partial charge in [0, 0.05) is 18.5 Å². The van der Waals surface area contributed by atoms with Crippen LogP contribution < -0.4 is 5.32 Å². The van der Waals surface area contributed by atoms with Gasteiger partial charge in [0.1, 0.15) is 0 Å². The van der Waals surface area contributed by atoms with Crippen molar-refractivity contribution >= 4 is 22.4 Å². The smallest absolute Gasteiger partial charge is 0.300 e. The van der Waals surface area contributed by atoms with Crippen molar-refractivity contribution in [2.45, 2.75) is 25.4 Å². The highest BCUT2D eigenvalue weighted by molar-refractivity contribution is 5.93. The fourth-order valence-electron chi connectivity index (χ4n) is 2.64. The molecule has 106 valence electrons. The van der Waals surface area contributed by atoms with E-state index in [1.807, 2.05) is 0 Å². The standard InChI is InChI=1S/C12H14N4O4/c17-10-3-1-2-7(10)6-13-8-4-5-9(16(18)19)12-11(8)14-20-15-12/h4-5,7,10,13,17H,1-3,6H2. The molecular weight excluding hydrogens is 264 g/mol. The van der Waals surface area contributed by atoms with E-state index in [-0.39, 0.29) is 23.2 Å². The quantitative estimate of drug-likeness (QED) is 0.646. The summed E-state index contributed by atoms with van der Waals surface area (Å²) in [5.74, 6) is 0.195. The van der Waals surface area contributed by atoms with Crippen LogP contribution >= 0.6 is 0 Å². The molecule has 1 saturated carbocycles. The third-order valence-corrected chi connectivity index (χ3v) is 3.76. The summed E-state index contributed by atoms with van der Waals surface area (Å²) in [7, 11) is 0. The molecule has 8 heteroatoms. The van der Waals surface area contributed by atoms with Crippen molar-refractivity contribution in [3.63, 3.8) is 0 Å². The topological polar surface area (TPSA) is 114 Å². The molecule has 0 spiro atoms. The highest BCUT2D eigenvalue weighted by atomic mass is 16.6. The second-order valence-corrected chi connectivity index (χ2v) is 4.99. The molecule has 1 fully saturated rings. The maximum Gasteiger partial charge on any atom is 0.300 e. The van der Waals surface area contributed by atoms with E-state index in [2.05, 4.69) is 20.3 Å². The van der Waals surface area contributed by atoms with Gasteiger partial charge in [-0.05, 0) is 29.2 Å². The molecule has 0 bridgehead atoms. The molecule has 2 atom stereocenters. The van der Waals surface area contributed by atoms with E-state index in [4.69, 9.17) is 0 Å². The molecule has 1 heterocycles. The van der Waals surface area contributed by atoms with Crippen LogP contribution in [-0.4, -0.2) is 33.0 Å². The zero-order valence-corrected chi connectivity index (χ0v) is 10.7. The van der Waals surface area contributed by atoms with E-state index in [9.17, 15) is 15.2 Å². The monoisotopic (exact) mass is 278 g/mol. The minimum Gasteiger partial charge on any atom is -0.393 e. The molecule has 2 N–H and O–H groups in total. The number of hydrogen-bond acceptors (Lipinski definition) is 7. The normalized spacial score (nSPS) is 22.2. The summed E-state index contributed by atoms with van der Waals surface area (Å²) in [6.45, 7) is 0.598. The van der Waals surface area contributed by atoms with Crippen LogP contribution in [0.4, 0.5) is 11.4 Å². The van der Waals surface area contributed by atoms with Gasteiger partial charge < -0.3 is 10.4 Å². The number of non-ortho nitro benzene ring substituents is 1. The molecule has 0 amide bonds. The van der Waals surface area contributed by atoms with Crippen LogP contribution in [0.15, 0.2) is 16.8 Å². The number of rotatable bonds is 4. The first-order valence-corrected chi connectivity index (χ1v) is 6.48. The van der Waals surface area contributed by atoms with E-state index in [1.54, 1.807) is 6.07 Å². The number of nitrogens with zero attached hydrogens (tertiary/aromatic N) is 3. The Morgan fingerprint density at radius 1 is 1.40 bits per heavy atom. The minimum absolute atomic E-state index is 0.131. The van der Waals surface area contributed by atoms with Crippen LogP contribution in [0.5, 0.6) is 0 Å². The molecule has 3 rings (SSSR count). The number of nitro groups is 1. The second kappa shape index (κ2) is 5.04. The average molecular weight is 278 g/mol. The number of hydrogen-bond donors (Lipinski definition) is 2. The lowest BCUT2D eigenvalue weighted by atomic mass is 10.1. The summed E-state index contributed by atoms with van der Waals surface area (Å²) in [4.78, 5) is 10.4. The number of aliphatic hydroxyl groups is 1. The number of nitro benzene ring substituents is 1. The second-order valence-electron chi connectivity index (χ2n) is 4.99. The number of fused-ring (bicyclic) bond motifs is 1. The highest BCUT2D eigenvalue weighted by Gasteiger charge is 2.26. The number of benzene rings is 1. The molecule has 20 heavy (non-hydrogen) atoms. The predicted octanol–water partition coefficient (Wildman–Crippen LogP) is 1.70. The summed E-state index contributed by atoms with van der Waals surface area (Å²) in [6, 6.07) is 2.96. The van der Waals surface area contributed by atoms with Gasteiger partial charge in [0.05, 0.1) is 16.7 Å². The van der Waals surface area contributed by atoms with Crippen molar-refractivity contribution in [3.05, 3.63) is 22.2 Å². The summed E-state index contributed by atoms with van der Waals surface area (Å²) in [5.41, 5.74) is 0.970. The van der Waals surface area contributed by atoms with Crippen LogP contribution in [0.2, 0.25) is 0 Å². The Hall–Kier alpha value is -2.22. The van der Waals surface area contributed by atoms with Gasteiger partial charge >= 0.3 is 5.69 Å². The Kier molecular flexibility index (Phi) is 3.23. The number of anilines is 1. The Balaban J connectivity index is 1.83. The summed E-state index contributed by atoms with van der Waals surface area (Å²) < 4.78 is 4.60. The van der Waals surface area contributed by atoms with Crippen molar-refractivity contribution < 1.29 is 14.7 Å². The third-order valence-electron chi connectivity index (χ3n) is 3.76. The molecule has 1 aromatic heterocycles. The molecule has 8 nitrogen and oxygen atoms in total. The van der Waals surface area contributed by atoms with Crippen LogP contribution in [0.1, 0.15) is 19.3 Å². The van der Waals surface area contributed by atoms with Gasteiger partial charge in [-0.3, -0.25) is 10.1 Å². The number of aliphatic hydroxyl groups excluding tert-OH is 1. The fraction of sp³-hybridized carbons (Fsp3) is 0.500. The lowest BCUT2D eigenvalue weighted by molar-refractivity contribution is -0.383. The predicted molar refractivity (Wildman–Crippen MR) is 70.3 cm³/mol. The molecule has 1 aliphatic carbocycles. The zero-order chi connectivity index (χ0) is 14.1. The largest absolute Gasteiger partial charge is 0.393 e. The van der Waals surface area contributed by atoms with E-state index >= 15 is 0 Å². The number of nitrogens with one attached hydrogen (secondary N) is 1. The van der Waals surface area contributed by atoms with Gasteiger partial charge in [-0.15, -0.1) is 0 Å². The lowest BCUT2D eigenvalue weighted by Gasteiger charge is -2.15. The molecule has 1 aromatic carbocycles. The average Bonchev–Trinajstić information content (AvgIpc) is 3.04. The van der Waals surface area contributed by atoms with Gasteiger partial charge in [-0.25, -0.2) is 4.63 Å². The van der Waals surface area contributed by atoms with Gasteiger partial charge in [-0.2, -0.15) is 0 Å². The van der Waals surface area contributed by atoms with Crippen molar-refractivity contribution in [1.29, 1.82) is 0 Å². The van der Waals surface area contributed by atoms with E-state index in [1.165, 1.54) is 6.07 Å². The molecule has 2 aromatic rings. The Labute approximate surface area is 113 Å². The maximum absolute atomic E-state index is 10.9. The Morgan fingerprint density at radius 2 is 2.20 bits per heavy atom. The first-order chi connectivity index (χ1) is 9.66. The lowest BCUT2D eigenvalue weighted by Crippen LogP contribution is -2.22. The number of aromatic nitrogens is 2. The van der Waals surface area contributed by atoms with Gasteiger partial charge in [0.25, 0.3) is 0 Å². The van der Waals surface area contributed by atoms with Crippen molar-refractivity contribution in [1.82, 2.24) is 10.3 Å². The molecule has 0 radical (unpaired) electrons. The van der Waals surface area contributed by atoms with Crippen LogP contribution in [0.3, 0.4) is 0 Å². The molecule has 0 aliphatic heterocycles. The van der Waals surface area contributed by atoms with Crippen molar-refractivity contribution in [2.24, 2.45) is 5.92 Å². The van der Waals surface area contributed by atoms with E-state index in [0.29, 0.717) is 17.7 Å². The Bertz CT molecular complexity index is 641. The first kappa shape index (κ1) is 12.8. The summed E-state index contributed by atoms with van der Waals surface area (Å²) in [5, 5.41) is 31.1. The molecular formula is C12H14N4O4. The van der Waals surface area contributed by atoms with Crippen molar-refractivity contribution in [3.8, 4) is 0 Å². The molecule has 2 unspecified atom stereocenters.